The van der Waals surface area contributed by atoms with Gasteiger partial charge in [-0.2, -0.15) is 11.3 Å². The van der Waals surface area contributed by atoms with Crippen molar-refractivity contribution in [2.75, 3.05) is 0 Å². The molecule has 3 N–H and O–H groups in total. The normalized spacial score (nSPS) is 11.3. The molecule has 5 nitrogen and oxygen atoms in total. The van der Waals surface area contributed by atoms with Gasteiger partial charge in [-0.3, -0.25) is 4.79 Å². The van der Waals surface area contributed by atoms with E-state index in [0.29, 0.717) is 17.7 Å². The fourth-order valence-electron chi connectivity index (χ4n) is 2.58. The second-order valence-electron chi connectivity index (χ2n) is 6.22. The van der Waals surface area contributed by atoms with Crippen LogP contribution < -0.4 is 10.5 Å². The number of sulfonamides is 1. The molecule has 28 heavy (non-hydrogen) atoms. The Morgan fingerprint density at radius 2 is 1.71 bits per heavy atom. The molecule has 146 valence electrons. The topological polar surface area (TPSA) is 89.3 Å². The highest BCUT2D eigenvalue weighted by Crippen LogP contribution is 2.27. The average Bonchev–Trinajstić information content (AvgIpc) is 3.18. The van der Waals surface area contributed by atoms with E-state index in [4.69, 9.17) is 5.14 Å². The van der Waals surface area contributed by atoms with Crippen LogP contribution in [0.2, 0.25) is 0 Å². The van der Waals surface area contributed by atoms with Crippen LogP contribution in [-0.4, -0.2) is 14.3 Å². The zero-order valence-corrected chi connectivity index (χ0v) is 17.4. The lowest BCUT2D eigenvalue weighted by Crippen LogP contribution is -2.23. The summed E-state index contributed by atoms with van der Waals surface area (Å²) in [7, 11) is -3.55. The number of rotatable bonds is 8. The Morgan fingerprint density at radius 1 is 1.00 bits per heavy atom. The Kier molecular flexibility index (Phi) is 6.90. The molecule has 0 fully saturated rings. The highest BCUT2D eigenvalue weighted by atomic mass is 32.2. The SMILES string of the molecule is NS(=O)(=O)Cc1ccc(CNC(=O)c2ccccc2SCc2ccsc2)cc1. The number of primary sulfonamides is 1. The van der Waals surface area contributed by atoms with Crippen LogP contribution >= 0.6 is 23.1 Å². The number of carbonyl (C=O) groups is 1. The summed E-state index contributed by atoms with van der Waals surface area (Å²) in [6.45, 7) is 0.359. The van der Waals surface area contributed by atoms with Gasteiger partial charge in [0.25, 0.3) is 5.91 Å². The summed E-state index contributed by atoms with van der Waals surface area (Å²) in [6.07, 6.45) is 0. The van der Waals surface area contributed by atoms with Crippen LogP contribution in [0.5, 0.6) is 0 Å². The van der Waals surface area contributed by atoms with E-state index in [1.165, 1.54) is 5.56 Å². The van der Waals surface area contributed by atoms with Crippen molar-refractivity contribution >= 4 is 39.0 Å². The number of nitrogens with two attached hydrogens (primary N) is 1. The Morgan fingerprint density at radius 3 is 2.39 bits per heavy atom. The van der Waals surface area contributed by atoms with Gasteiger partial charge >= 0.3 is 0 Å². The summed E-state index contributed by atoms with van der Waals surface area (Å²) < 4.78 is 22.3. The second-order valence-corrected chi connectivity index (χ2v) is 9.63. The van der Waals surface area contributed by atoms with Gasteiger partial charge in [0, 0.05) is 17.2 Å². The zero-order valence-electron chi connectivity index (χ0n) is 15.0. The maximum absolute atomic E-state index is 12.6. The molecule has 1 amide bonds. The van der Waals surface area contributed by atoms with Gasteiger partial charge in [-0.1, -0.05) is 36.4 Å². The van der Waals surface area contributed by atoms with Crippen molar-refractivity contribution in [1.29, 1.82) is 0 Å². The number of hydrogen-bond acceptors (Lipinski definition) is 5. The molecule has 1 heterocycles. The van der Waals surface area contributed by atoms with Gasteiger partial charge < -0.3 is 5.32 Å². The second kappa shape index (κ2) is 9.38. The number of thioether (sulfide) groups is 1. The Labute approximate surface area is 173 Å². The molecular weight excluding hydrogens is 412 g/mol. The zero-order chi connectivity index (χ0) is 20.0. The first-order valence-corrected chi connectivity index (χ1v) is 12.1. The number of benzene rings is 2. The summed E-state index contributed by atoms with van der Waals surface area (Å²) in [6, 6.07) is 16.6. The van der Waals surface area contributed by atoms with Crippen LogP contribution in [0.25, 0.3) is 0 Å². The van der Waals surface area contributed by atoms with E-state index in [2.05, 4.69) is 16.8 Å². The first-order valence-electron chi connectivity index (χ1n) is 8.50. The predicted molar refractivity (Wildman–Crippen MR) is 115 cm³/mol. The Hall–Kier alpha value is -2.13. The highest BCUT2D eigenvalue weighted by molar-refractivity contribution is 7.98. The molecule has 0 aliphatic rings. The molecule has 3 rings (SSSR count). The van der Waals surface area contributed by atoms with Crippen LogP contribution in [0.1, 0.15) is 27.0 Å². The van der Waals surface area contributed by atoms with Crippen molar-refractivity contribution in [3.8, 4) is 0 Å². The lowest BCUT2D eigenvalue weighted by molar-refractivity contribution is 0.0948. The Bertz CT molecular complexity index is 1030. The molecule has 0 spiro atoms. The molecular formula is C20H20N2O3S3. The van der Waals surface area contributed by atoms with Crippen LogP contribution in [0.3, 0.4) is 0 Å². The Balaban J connectivity index is 1.60. The summed E-state index contributed by atoms with van der Waals surface area (Å²) in [5.41, 5.74) is 3.39. The van der Waals surface area contributed by atoms with Crippen molar-refractivity contribution in [1.82, 2.24) is 5.32 Å². The van der Waals surface area contributed by atoms with Gasteiger partial charge in [-0.05, 0) is 45.6 Å². The van der Waals surface area contributed by atoms with E-state index in [1.807, 2.05) is 29.6 Å². The van der Waals surface area contributed by atoms with Crippen LogP contribution in [0, 0.1) is 0 Å². The van der Waals surface area contributed by atoms with Crippen LogP contribution in [0.4, 0.5) is 0 Å². The minimum atomic E-state index is -3.55. The fourth-order valence-corrected chi connectivity index (χ4v) is 5.00. The van der Waals surface area contributed by atoms with E-state index in [0.717, 1.165) is 16.2 Å². The molecule has 0 unspecified atom stereocenters. The number of hydrogen-bond donors (Lipinski definition) is 2. The standard InChI is InChI=1S/C20H20N2O3S3/c21-28(24,25)14-16-7-5-15(6-8-16)11-22-20(23)18-3-1-2-4-19(18)27-13-17-9-10-26-12-17/h1-10,12H,11,13-14H2,(H,22,23)(H2,21,24,25). The summed E-state index contributed by atoms with van der Waals surface area (Å²) >= 11 is 3.30. The maximum Gasteiger partial charge on any atom is 0.252 e. The smallest absolute Gasteiger partial charge is 0.252 e. The summed E-state index contributed by atoms with van der Waals surface area (Å²) in [5.74, 6) is 0.482. The minimum absolute atomic E-state index is 0.137. The van der Waals surface area contributed by atoms with Crippen molar-refractivity contribution in [2.45, 2.75) is 22.9 Å². The third-order valence-electron chi connectivity index (χ3n) is 3.95. The molecule has 1 aromatic heterocycles. The van der Waals surface area contributed by atoms with Crippen molar-refractivity contribution in [3.05, 3.63) is 87.6 Å². The van der Waals surface area contributed by atoms with Crippen molar-refractivity contribution < 1.29 is 13.2 Å². The monoisotopic (exact) mass is 432 g/mol. The quantitative estimate of drug-likeness (QED) is 0.531. The average molecular weight is 433 g/mol. The number of thiophene rings is 1. The van der Waals surface area contributed by atoms with Gasteiger partial charge in [-0.15, -0.1) is 11.8 Å². The van der Waals surface area contributed by atoms with Crippen molar-refractivity contribution in [3.63, 3.8) is 0 Å². The third-order valence-corrected chi connectivity index (χ3v) is 6.56. The van der Waals surface area contributed by atoms with E-state index in [1.54, 1.807) is 47.4 Å². The molecule has 0 saturated heterocycles. The molecule has 8 heteroatoms. The molecule has 0 radical (unpaired) electrons. The van der Waals surface area contributed by atoms with E-state index in [-0.39, 0.29) is 11.7 Å². The van der Waals surface area contributed by atoms with E-state index in [9.17, 15) is 13.2 Å². The van der Waals surface area contributed by atoms with Gasteiger partial charge in [-0.25, -0.2) is 13.6 Å². The molecule has 0 saturated carbocycles. The lowest BCUT2D eigenvalue weighted by atomic mass is 10.1. The number of amides is 1. The maximum atomic E-state index is 12.6. The number of nitrogens with one attached hydrogen (secondary N) is 1. The van der Waals surface area contributed by atoms with Crippen molar-refractivity contribution in [2.24, 2.45) is 5.14 Å². The van der Waals surface area contributed by atoms with Gasteiger partial charge in [0.2, 0.25) is 10.0 Å². The minimum Gasteiger partial charge on any atom is -0.348 e. The molecule has 0 atom stereocenters. The predicted octanol–water partition coefficient (Wildman–Crippen LogP) is 3.76. The third kappa shape index (κ3) is 6.20. The highest BCUT2D eigenvalue weighted by Gasteiger charge is 2.12. The summed E-state index contributed by atoms with van der Waals surface area (Å²) in [4.78, 5) is 13.6. The van der Waals surface area contributed by atoms with Crippen LogP contribution in [0.15, 0.2) is 70.3 Å². The largest absolute Gasteiger partial charge is 0.348 e. The number of carbonyl (C=O) groups excluding carboxylic acids is 1. The van der Waals surface area contributed by atoms with E-state index < -0.39 is 10.0 Å². The summed E-state index contributed by atoms with van der Waals surface area (Å²) in [5, 5.41) is 12.1. The van der Waals surface area contributed by atoms with Gasteiger partial charge in [0.15, 0.2) is 0 Å². The fraction of sp³-hybridized carbons (Fsp3) is 0.150. The molecule has 0 aliphatic carbocycles. The molecule has 3 aromatic rings. The lowest BCUT2D eigenvalue weighted by Gasteiger charge is -2.10. The first-order chi connectivity index (χ1) is 13.4. The molecule has 0 bridgehead atoms. The first kappa shape index (κ1) is 20.6. The molecule has 2 aromatic carbocycles. The molecule has 0 aliphatic heterocycles. The van der Waals surface area contributed by atoms with Crippen LogP contribution in [-0.2, 0) is 28.1 Å². The van der Waals surface area contributed by atoms with E-state index >= 15 is 0 Å². The van der Waals surface area contributed by atoms with Gasteiger partial charge in [0.1, 0.15) is 0 Å². The van der Waals surface area contributed by atoms with Gasteiger partial charge in [0.05, 0.1) is 11.3 Å².